The minimum atomic E-state index is -3.53. The molecule has 0 aliphatic rings. The molecular weight excluding hydrogens is 298 g/mol. The van der Waals surface area contributed by atoms with Gasteiger partial charge in [-0.1, -0.05) is 29.8 Å². The van der Waals surface area contributed by atoms with Gasteiger partial charge in [0.25, 0.3) is 0 Å². The molecule has 1 atom stereocenters. The highest BCUT2D eigenvalue weighted by Crippen LogP contribution is 2.20. The lowest BCUT2D eigenvalue weighted by Gasteiger charge is -2.15. The first-order chi connectivity index (χ1) is 10.4. The molecule has 0 saturated carbocycles. The Kier molecular flexibility index (Phi) is 5.21. The molecule has 22 heavy (non-hydrogen) atoms. The zero-order valence-electron chi connectivity index (χ0n) is 13.0. The van der Waals surface area contributed by atoms with Gasteiger partial charge in [-0.15, -0.1) is 0 Å². The SMILES string of the molecule is CCOc1ccc([C@H](C)NS(=O)(=O)c2ccc(C)cc2)cc1. The highest BCUT2D eigenvalue weighted by atomic mass is 32.2. The Morgan fingerprint density at radius 3 is 2.18 bits per heavy atom. The van der Waals surface area contributed by atoms with E-state index in [0.29, 0.717) is 6.61 Å². The Morgan fingerprint density at radius 2 is 1.64 bits per heavy atom. The van der Waals surface area contributed by atoms with E-state index in [4.69, 9.17) is 4.74 Å². The van der Waals surface area contributed by atoms with Gasteiger partial charge in [-0.25, -0.2) is 13.1 Å². The number of rotatable bonds is 6. The van der Waals surface area contributed by atoms with E-state index in [9.17, 15) is 8.42 Å². The largest absolute Gasteiger partial charge is 0.494 e. The van der Waals surface area contributed by atoms with Crippen LogP contribution < -0.4 is 9.46 Å². The summed E-state index contributed by atoms with van der Waals surface area (Å²) in [5, 5.41) is 0. The molecule has 0 saturated heterocycles. The van der Waals surface area contributed by atoms with E-state index in [1.165, 1.54) is 0 Å². The summed E-state index contributed by atoms with van der Waals surface area (Å²) >= 11 is 0. The molecule has 0 radical (unpaired) electrons. The number of aryl methyl sites for hydroxylation is 1. The van der Waals surface area contributed by atoms with Crippen LogP contribution in [0.3, 0.4) is 0 Å². The van der Waals surface area contributed by atoms with Gasteiger partial charge in [0.1, 0.15) is 5.75 Å². The maximum absolute atomic E-state index is 12.4. The summed E-state index contributed by atoms with van der Waals surface area (Å²) < 4.78 is 32.8. The first-order valence-corrected chi connectivity index (χ1v) is 8.72. The highest BCUT2D eigenvalue weighted by molar-refractivity contribution is 7.89. The Bertz CT molecular complexity index is 707. The van der Waals surface area contributed by atoms with Gasteiger partial charge < -0.3 is 4.74 Å². The molecule has 0 amide bonds. The summed E-state index contributed by atoms with van der Waals surface area (Å²) in [6.45, 7) is 6.27. The molecule has 0 heterocycles. The minimum Gasteiger partial charge on any atom is -0.494 e. The summed E-state index contributed by atoms with van der Waals surface area (Å²) in [5.41, 5.74) is 1.91. The molecule has 0 aliphatic carbocycles. The lowest BCUT2D eigenvalue weighted by Crippen LogP contribution is -2.26. The molecule has 4 nitrogen and oxygen atoms in total. The van der Waals surface area contributed by atoms with Crippen molar-refractivity contribution in [2.75, 3.05) is 6.61 Å². The number of sulfonamides is 1. The monoisotopic (exact) mass is 319 g/mol. The first-order valence-electron chi connectivity index (χ1n) is 7.24. The molecule has 0 aliphatic heterocycles. The predicted molar refractivity (Wildman–Crippen MR) is 87.5 cm³/mol. The van der Waals surface area contributed by atoms with Crippen molar-refractivity contribution >= 4 is 10.0 Å². The van der Waals surface area contributed by atoms with Gasteiger partial charge in [0.05, 0.1) is 11.5 Å². The second kappa shape index (κ2) is 6.94. The summed E-state index contributed by atoms with van der Waals surface area (Å²) in [4.78, 5) is 0.274. The van der Waals surface area contributed by atoms with Crippen molar-refractivity contribution in [3.8, 4) is 5.75 Å². The van der Waals surface area contributed by atoms with Crippen LogP contribution in [0, 0.1) is 6.92 Å². The topological polar surface area (TPSA) is 55.4 Å². The molecule has 118 valence electrons. The van der Waals surface area contributed by atoms with Crippen molar-refractivity contribution in [2.24, 2.45) is 0 Å². The van der Waals surface area contributed by atoms with Crippen LogP contribution >= 0.6 is 0 Å². The van der Waals surface area contributed by atoms with Crippen LogP contribution in [0.2, 0.25) is 0 Å². The third kappa shape index (κ3) is 4.08. The number of nitrogens with one attached hydrogen (secondary N) is 1. The van der Waals surface area contributed by atoms with Gasteiger partial charge in [-0.3, -0.25) is 0 Å². The van der Waals surface area contributed by atoms with Crippen LogP contribution in [0.1, 0.15) is 31.0 Å². The van der Waals surface area contributed by atoms with Crippen LogP contribution in [-0.4, -0.2) is 15.0 Å². The Hall–Kier alpha value is -1.85. The summed E-state index contributed by atoms with van der Waals surface area (Å²) in [7, 11) is -3.53. The summed E-state index contributed by atoms with van der Waals surface area (Å²) in [5.74, 6) is 0.778. The first kappa shape index (κ1) is 16.5. The maximum Gasteiger partial charge on any atom is 0.241 e. The van der Waals surface area contributed by atoms with Crippen molar-refractivity contribution in [1.82, 2.24) is 4.72 Å². The Labute approximate surface area is 132 Å². The maximum atomic E-state index is 12.4. The average molecular weight is 319 g/mol. The fourth-order valence-electron chi connectivity index (χ4n) is 2.11. The van der Waals surface area contributed by atoms with Crippen molar-refractivity contribution in [3.05, 3.63) is 59.7 Å². The van der Waals surface area contributed by atoms with E-state index >= 15 is 0 Å². The molecule has 0 bridgehead atoms. The summed E-state index contributed by atoms with van der Waals surface area (Å²) in [6, 6.07) is 13.9. The summed E-state index contributed by atoms with van der Waals surface area (Å²) in [6.07, 6.45) is 0. The highest BCUT2D eigenvalue weighted by Gasteiger charge is 2.18. The fourth-order valence-corrected chi connectivity index (χ4v) is 3.34. The average Bonchev–Trinajstić information content (AvgIpc) is 2.48. The quantitative estimate of drug-likeness (QED) is 0.887. The van der Waals surface area contributed by atoms with Gasteiger partial charge >= 0.3 is 0 Å². The molecule has 2 rings (SSSR count). The Balaban J connectivity index is 2.13. The molecule has 0 spiro atoms. The molecule has 2 aromatic rings. The van der Waals surface area contributed by atoms with Gasteiger partial charge in [0, 0.05) is 6.04 Å². The zero-order chi connectivity index (χ0) is 16.2. The van der Waals surface area contributed by atoms with Crippen molar-refractivity contribution in [1.29, 1.82) is 0 Å². The number of ether oxygens (including phenoxy) is 1. The second-order valence-electron chi connectivity index (χ2n) is 5.16. The van der Waals surface area contributed by atoms with E-state index in [-0.39, 0.29) is 10.9 Å². The number of hydrogen-bond donors (Lipinski definition) is 1. The number of hydrogen-bond acceptors (Lipinski definition) is 3. The van der Waals surface area contributed by atoms with Crippen LogP contribution in [-0.2, 0) is 10.0 Å². The van der Waals surface area contributed by atoms with E-state index < -0.39 is 10.0 Å². The van der Waals surface area contributed by atoms with Crippen molar-refractivity contribution in [2.45, 2.75) is 31.7 Å². The third-order valence-electron chi connectivity index (χ3n) is 3.35. The van der Waals surface area contributed by atoms with Gasteiger partial charge in [-0.2, -0.15) is 0 Å². The number of benzene rings is 2. The fraction of sp³-hybridized carbons (Fsp3) is 0.294. The molecule has 5 heteroatoms. The van der Waals surface area contributed by atoms with Crippen LogP contribution in [0.5, 0.6) is 5.75 Å². The van der Waals surface area contributed by atoms with Gasteiger partial charge in [-0.05, 0) is 50.6 Å². The Morgan fingerprint density at radius 1 is 1.05 bits per heavy atom. The second-order valence-corrected chi connectivity index (χ2v) is 6.87. The van der Waals surface area contributed by atoms with Gasteiger partial charge in [0.2, 0.25) is 10.0 Å². The lowest BCUT2D eigenvalue weighted by atomic mass is 10.1. The van der Waals surface area contributed by atoms with E-state index in [1.54, 1.807) is 24.3 Å². The van der Waals surface area contributed by atoms with Crippen molar-refractivity contribution in [3.63, 3.8) is 0 Å². The van der Waals surface area contributed by atoms with Crippen LogP contribution in [0.15, 0.2) is 53.4 Å². The van der Waals surface area contributed by atoms with E-state index in [0.717, 1.165) is 16.9 Å². The molecular formula is C17H21NO3S. The van der Waals surface area contributed by atoms with Gasteiger partial charge in [0.15, 0.2) is 0 Å². The normalized spacial score (nSPS) is 12.9. The molecule has 0 fully saturated rings. The molecule has 1 N–H and O–H groups in total. The predicted octanol–water partition coefficient (Wildman–Crippen LogP) is 3.43. The van der Waals surface area contributed by atoms with E-state index in [1.807, 2.05) is 45.0 Å². The molecule has 0 unspecified atom stereocenters. The zero-order valence-corrected chi connectivity index (χ0v) is 13.9. The van der Waals surface area contributed by atoms with Crippen LogP contribution in [0.4, 0.5) is 0 Å². The van der Waals surface area contributed by atoms with Crippen LogP contribution in [0.25, 0.3) is 0 Å². The molecule has 2 aromatic carbocycles. The molecule has 0 aromatic heterocycles. The minimum absolute atomic E-state index is 0.274. The van der Waals surface area contributed by atoms with E-state index in [2.05, 4.69) is 4.72 Å². The van der Waals surface area contributed by atoms with Crippen molar-refractivity contribution < 1.29 is 13.2 Å². The standard InChI is InChI=1S/C17H21NO3S/c1-4-21-16-9-7-15(8-10-16)14(3)18-22(19,20)17-11-5-13(2)6-12-17/h5-12,14,18H,4H2,1-3H3/t14-/m0/s1. The smallest absolute Gasteiger partial charge is 0.241 e. The lowest BCUT2D eigenvalue weighted by molar-refractivity contribution is 0.340. The third-order valence-corrected chi connectivity index (χ3v) is 4.91.